The Bertz CT molecular complexity index is 3520. The third-order valence-corrected chi connectivity index (χ3v) is 37.5. The van der Waals surface area contributed by atoms with E-state index in [4.69, 9.17) is 61.6 Å². The van der Waals surface area contributed by atoms with Crippen LogP contribution in [-0.2, 0) is 114 Å². The highest BCUT2D eigenvalue weighted by molar-refractivity contribution is 5.88. The van der Waals surface area contributed by atoms with Crippen LogP contribution in [0.2, 0.25) is 0 Å². The molecule has 0 N–H and O–H groups in total. The van der Waals surface area contributed by atoms with Crippen molar-refractivity contribution in [3.8, 4) is 0 Å². The number of carbonyl (C=O) groups excluding carboxylic acids is 11. The smallest absolute Gasteiger partial charge is 0.344 e. The molecule has 0 amide bonds. The highest BCUT2D eigenvalue weighted by atomic mass is 16.7. The minimum absolute atomic E-state index is 0.0605. The van der Waals surface area contributed by atoms with Gasteiger partial charge in [0.15, 0.2) is 26.4 Å². The van der Waals surface area contributed by atoms with Crippen LogP contribution < -0.4 is 0 Å². The molecule has 24 fully saturated rings. The second-order valence-corrected chi connectivity index (χ2v) is 43.7. The predicted molar refractivity (Wildman–Crippen MR) is 409 cm³/mol. The molecular formula is C93H126O24. The van der Waals surface area contributed by atoms with Gasteiger partial charge in [0.2, 0.25) is 0 Å². The molecule has 24 bridgehead atoms. The van der Waals surface area contributed by atoms with Crippen molar-refractivity contribution < 1.29 is 114 Å². The van der Waals surface area contributed by atoms with E-state index in [-0.39, 0.29) is 94.7 Å². The first kappa shape index (κ1) is 79.6. The zero-order chi connectivity index (χ0) is 80.5. The zero-order valence-corrected chi connectivity index (χ0v) is 69.3. The van der Waals surface area contributed by atoms with E-state index in [0.717, 1.165) is 116 Å². The normalized spacial score (nSPS) is 47.4. The number of fused-ring (bicyclic) bond motifs is 8. The largest absolute Gasteiger partial charge is 0.464 e. The minimum atomic E-state index is -1.80. The molecule has 24 rings (SSSR count). The summed E-state index contributed by atoms with van der Waals surface area (Å²) in [4.78, 5) is 160. The minimum Gasteiger partial charge on any atom is -0.464 e. The Hall–Kier alpha value is -5.91. The Kier molecular flexibility index (Phi) is 20.8. The lowest BCUT2D eigenvalue weighted by atomic mass is 9.50. The Morgan fingerprint density at radius 2 is 0.453 bits per heavy atom. The van der Waals surface area contributed by atoms with Gasteiger partial charge in [0.25, 0.3) is 0 Å². The molecule has 0 aliphatic heterocycles. The van der Waals surface area contributed by atoms with Crippen molar-refractivity contribution >= 4 is 65.7 Å². The van der Waals surface area contributed by atoms with E-state index in [2.05, 4.69) is 6.92 Å². The first-order valence-corrected chi connectivity index (χ1v) is 46.5. The number of ether oxygens (including phenoxy) is 13. The Morgan fingerprint density at radius 1 is 0.248 bits per heavy atom. The van der Waals surface area contributed by atoms with E-state index in [1.54, 1.807) is 0 Å². The molecule has 0 radical (unpaired) electrons. The standard InChI is InChI=1S/C93H126O24/c1-89(62-17-46-13-47(19-62)20-63(89)18-46)114-70(94)37-106-82(98)74-54-5-8-57(33-54)77(74)85(101)110-42-93(41-105-45-113-81-61-12-11-60(36-61)80(81)88(104)109-40-73(97)117-92(4)68-29-52-16-53(31-68)32-69(92)30-52,43-111-86(102)78-58-9-6-55(34-58)75(78)83(99)107-38-71(95)115-90(2)64-21-48-14-49(23-64)24-65(90)22-48)44-112-87(103)79-59-10-7-56(35-59)76(79)84(100)108-39-72(96)116-91(3)66-25-50-15-51(27-66)28-67(91)26-50/h46-69,74-81H,5-45H2,1-4H3. The molecule has 16 atom stereocenters. The van der Waals surface area contributed by atoms with Gasteiger partial charge in [-0.3, -0.25) is 33.6 Å². The maximum atomic E-state index is 15.4. The van der Waals surface area contributed by atoms with Crippen LogP contribution in [0.5, 0.6) is 0 Å². The van der Waals surface area contributed by atoms with E-state index >= 15 is 14.4 Å². The Labute approximate surface area is 686 Å². The van der Waals surface area contributed by atoms with Gasteiger partial charge in [0, 0.05) is 0 Å². The van der Waals surface area contributed by atoms with Gasteiger partial charge in [-0.15, -0.1) is 0 Å². The summed E-state index contributed by atoms with van der Waals surface area (Å²) in [6.45, 7) is 2.96. The highest BCUT2D eigenvalue weighted by Crippen LogP contribution is 2.65. The number of rotatable bonds is 30. The van der Waals surface area contributed by atoms with Crippen LogP contribution in [0.25, 0.3) is 0 Å². The Morgan fingerprint density at radius 3 is 0.701 bits per heavy atom. The van der Waals surface area contributed by atoms with Crippen LogP contribution in [0, 0.1) is 189 Å². The topological polar surface area (TPSA) is 308 Å². The van der Waals surface area contributed by atoms with Crippen LogP contribution in [0.15, 0.2) is 0 Å². The molecule has 0 heterocycles. The highest BCUT2D eigenvalue weighted by Gasteiger charge is 2.65. The third-order valence-electron chi connectivity index (χ3n) is 37.5. The number of hydrogen-bond acceptors (Lipinski definition) is 24. The SMILES string of the molecule is CC1(OC(=O)COC(=O)C2C3CCC(C3)C2OCOCC(COC(=O)C2C3CCC(C3)C2C(=O)OCC(=O)OC2(C)C3CC4CC(C3)CC2C4)(COC(=O)C2C3CCC(C3)C2C(=O)OCC(=O)OC2(C)C3CC4CC(C3)CC2C4)COC(=O)C2C3CCC(C3)C2C(=O)OCC(=O)OC2(C)C3CC4CC(C3)CC2C4)C2CC3CC(C2)CC1C3. The van der Waals surface area contributed by atoms with Crippen molar-refractivity contribution in [2.75, 3.05) is 59.6 Å². The molecule has 642 valence electrons. The molecule has 0 saturated heterocycles. The molecular weight excluding hydrogens is 1500 g/mol. The molecule has 24 aliphatic carbocycles. The summed E-state index contributed by atoms with van der Waals surface area (Å²) in [6.07, 6.45) is 28.1. The fourth-order valence-electron chi connectivity index (χ4n) is 32.5. The average Bonchev–Trinajstić information content (AvgIpc) is 1.73. The lowest BCUT2D eigenvalue weighted by Crippen LogP contribution is -2.58. The van der Waals surface area contributed by atoms with E-state index < -0.39 is 201 Å². The Balaban J connectivity index is 0.551. The van der Waals surface area contributed by atoms with Gasteiger partial charge in [-0.1, -0.05) is 0 Å². The zero-order valence-electron chi connectivity index (χ0n) is 69.3. The van der Waals surface area contributed by atoms with Crippen molar-refractivity contribution in [3.05, 3.63) is 0 Å². The van der Waals surface area contributed by atoms with Crippen LogP contribution in [0.1, 0.15) is 233 Å². The molecule has 24 saturated carbocycles. The van der Waals surface area contributed by atoms with Crippen LogP contribution in [0.4, 0.5) is 0 Å². The van der Waals surface area contributed by atoms with Gasteiger partial charge in [-0.25, -0.2) is 19.2 Å². The van der Waals surface area contributed by atoms with E-state index in [0.29, 0.717) is 112 Å². The fourth-order valence-corrected chi connectivity index (χ4v) is 32.5. The monoisotopic (exact) mass is 1630 g/mol. The first-order valence-electron chi connectivity index (χ1n) is 46.5. The summed E-state index contributed by atoms with van der Waals surface area (Å²) < 4.78 is 81.5. The van der Waals surface area contributed by atoms with Gasteiger partial charge >= 0.3 is 65.7 Å². The van der Waals surface area contributed by atoms with Crippen LogP contribution >= 0.6 is 0 Å². The van der Waals surface area contributed by atoms with Crippen molar-refractivity contribution in [2.24, 2.45) is 189 Å². The van der Waals surface area contributed by atoms with E-state index in [9.17, 15) is 38.4 Å². The number of carbonyl (C=O) groups is 11. The summed E-state index contributed by atoms with van der Waals surface area (Å²) in [5.74, 6) is -8.69. The van der Waals surface area contributed by atoms with Crippen LogP contribution in [-0.4, -0.2) is 154 Å². The van der Waals surface area contributed by atoms with E-state index in [1.165, 1.54) is 25.7 Å². The lowest BCUT2D eigenvalue weighted by Gasteiger charge is -2.59. The molecule has 24 heteroatoms. The van der Waals surface area contributed by atoms with Crippen molar-refractivity contribution in [1.82, 2.24) is 0 Å². The van der Waals surface area contributed by atoms with Crippen molar-refractivity contribution in [1.29, 1.82) is 0 Å². The average molecular weight is 1630 g/mol. The molecule has 0 aromatic carbocycles. The molecule has 0 aromatic heterocycles. The first-order chi connectivity index (χ1) is 56.2. The van der Waals surface area contributed by atoms with Gasteiger partial charge < -0.3 is 61.6 Å². The summed E-state index contributed by atoms with van der Waals surface area (Å²) in [7, 11) is 0. The molecule has 0 aromatic rings. The van der Waals surface area contributed by atoms with Gasteiger partial charge in [-0.05, 0) is 375 Å². The summed E-state index contributed by atoms with van der Waals surface area (Å²) >= 11 is 0. The molecule has 24 nitrogen and oxygen atoms in total. The molecule has 16 unspecified atom stereocenters. The van der Waals surface area contributed by atoms with Gasteiger partial charge in [-0.2, -0.15) is 0 Å². The van der Waals surface area contributed by atoms with Crippen molar-refractivity contribution in [3.63, 3.8) is 0 Å². The molecule has 0 spiro atoms. The molecule has 24 aliphatic rings. The summed E-state index contributed by atoms with van der Waals surface area (Å²) in [5.41, 5.74) is -4.37. The number of hydrogen-bond donors (Lipinski definition) is 0. The van der Waals surface area contributed by atoms with Gasteiger partial charge in [0.05, 0.1) is 59.6 Å². The van der Waals surface area contributed by atoms with Crippen LogP contribution in [0.3, 0.4) is 0 Å². The number of esters is 11. The fraction of sp³-hybridized carbons (Fsp3) is 0.882. The second kappa shape index (κ2) is 30.5. The van der Waals surface area contributed by atoms with E-state index in [1.807, 2.05) is 20.8 Å². The summed E-state index contributed by atoms with van der Waals surface area (Å²) in [6, 6.07) is 0. The van der Waals surface area contributed by atoms with Crippen molar-refractivity contribution in [2.45, 2.75) is 262 Å². The van der Waals surface area contributed by atoms with Gasteiger partial charge in [0.1, 0.15) is 49.0 Å². The maximum absolute atomic E-state index is 15.4. The lowest BCUT2D eigenvalue weighted by molar-refractivity contribution is -0.209. The predicted octanol–water partition coefficient (Wildman–Crippen LogP) is 12.2. The molecule has 117 heavy (non-hydrogen) atoms. The second-order valence-electron chi connectivity index (χ2n) is 43.7. The maximum Gasteiger partial charge on any atom is 0.344 e. The quantitative estimate of drug-likeness (QED) is 0.0279. The third kappa shape index (κ3) is 14.3. The summed E-state index contributed by atoms with van der Waals surface area (Å²) in [5, 5.41) is 0.